The van der Waals surface area contributed by atoms with E-state index in [2.05, 4.69) is 34.1 Å². The number of unbranched alkanes of at least 4 members (excludes halogenated alkanes) is 10. The van der Waals surface area contributed by atoms with E-state index in [1.54, 1.807) is 18.5 Å². The Balaban J connectivity index is 1.49. The highest BCUT2D eigenvalue weighted by Gasteiger charge is 2.36. The third-order valence-electron chi connectivity index (χ3n) is 6.64. The minimum Gasteiger partial charge on any atom is -0.506 e. The molecule has 0 saturated carbocycles. The van der Waals surface area contributed by atoms with Gasteiger partial charge in [-0.25, -0.2) is 9.98 Å². The number of hydrogen-bond acceptors (Lipinski definition) is 5. The van der Waals surface area contributed by atoms with Gasteiger partial charge in [0, 0.05) is 36.6 Å². The van der Waals surface area contributed by atoms with Crippen molar-refractivity contribution in [2.45, 2.75) is 90.9 Å². The van der Waals surface area contributed by atoms with Crippen molar-refractivity contribution in [3.05, 3.63) is 53.0 Å². The Bertz CT molecular complexity index is 998. The molecule has 0 spiro atoms. The summed E-state index contributed by atoms with van der Waals surface area (Å²) in [6, 6.07) is 3.69. The number of anilines is 1. The average Bonchev–Trinajstić information content (AvgIpc) is 2.89. The van der Waals surface area contributed by atoms with E-state index in [1.807, 2.05) is 18.2 Å². The van der Waals surface area contributed by atoms with Gasteiger partial charge in [0.1, 0.15) is 17.4 Å². The predicted molar refractivity (Wildman–Crippen MR) is 151 cm³/mol. The Kier molecular flexibility index (Phi) is 11.6. The number of amidine groups is 1. The number of allylic oxidation sites excluding steroid dienone is 4. The second kappa shape index (κ2) is 15.2. The SMILES string of the molecule is CCCCCCCCN=C1C=C/C(=C2\C(=O)C(c3ccc(NCCCCCCCC)nc3)=C2O)C=N1. The van der Waals surface area contributed by atoms with Crippen molar-refractivity contribution in [1.82, 2.24) is 4.98 Å². The summed E-state index contributed by atoms with van der Waals surface area (Å²) in [4.78, 5) is 26.1. The fourth-order valence-corrected chi connectivity index (χ4v) is 4.42. The Morgan fingerprint density at radius 2 is 1.56 bits per heavy atom. The van der Waals surface area contributed by atoms with Crippen LogP contribution in [-0.4, -0.2) is 41.0 Å². The molecule has 0 fully saturated rings. The van der Waals surface area contributed by atoms with Crippen LogP contribution < -0.4 is 5.32 Å². The van der Waals surface area contributed by atoms with Crippen LogP contribution in [-0.2, 0) is 4.79 Å². The lowest BCUT2D eigenvalue weighted by Gasteiger charge is -2.23. The first-order valence-electron chi connectivity index (χ1n) is 13.8. The lowest BCUT2D eigenvalue weighted by atomic mass is 9.81. The molecule has 1 aromatic heterocycles. The standard InChI is InChI=1S/C30H42N4O2/c1-3-5-7-9-11-13-19-31-25-17-15-23(21-33-25)27-29(35)28(30(27)36)24-16-18-26(34-22-24)32-20-14-12-10-8-6-4-2/h15-18,21-22,35H,3-14,19-20H2,1-2H3,(H,31,33)/b28-24+,32-26?. The molecule has 0 bridgehead atoms. The van der Waals surface area contributed by atoms with Crippen LogP contribution in [0.15, 0.2) is 57.4 Å². The zero-order valence-corrected chi connectivity index (χ0v) is 22.1. The van der Waals surface area contributed by atoms with Crippen LogP contribution in [0.2, 0.25) is 0 Å². The average molecular weight is 491 g/mol. The maximum atomic E-state index is 12.8. The van der Waals surface area contributed by atoms with E-state index in [-0.39, 0.29) is 11.5 Å². The predicted octanol–water partition coefficient (Wildman–Crippen LogP) is 7.40. The number of aromatic nitrogens is 1. The number of ketones is 1. The molecule has 0 saturated heterocycles. The molecule has 2 aliphatic rings. The van der Waals surface area contributed by atoms with Crippen molar-refractivity contribution >= 4 is 29.2 Å². The van der Waals surface area contributed by atoms with Crippen molar-refractivity contribution in [2.24, 2.45) is 9.98 Å². The van der Waals surface area contributed by atoms with E-state index in [4.69, 9.17) is 0 Å². The second-order valence-corrected chi connectivity index (χ2v) is 9.61. The van der Waals surface area contributed by atoms with Gasteiger partial charge >= 0.3 is 0 Å². The van der Waals surface area contributed by atoms with Crippen molar-refractivity contribution in [2.75, 3.05) is 18.4 Å². The molecule has 0 atom stereocenters. The number of dihydropyridines is 1. The Morgan fingerprint density at radius 1 is 0.861 bits per heavy atom. The third-order valence-corrected chi connectivity index (χ3v) is 6.64. The van der Waals surface area contributed by atoms with Crippen LogP contribution in [0.3, 0.4) is 0 Å². The number of carbonyl (C=O) groups excluding carboxylic acids is 1. The summed E-state index contributed by atoms with van der Waals surface area (Å²) in [6.07, 6.45) is 21.8. The monoisotopic (exact) mass is 490 g/mol. The number of nitrogens with one attached hydrogen (secondary N) is 1. The quantitative estimate of drug-likeness (QED) is 0.187. The molecule has 1 aromatic rings. The molecule has 3 rings (SSSR count). The number of hydrogen-bond donors (Lipinski definition) is 2. The molecule has 0 unspecified atom stereocenters. The van der Waals surface area contributed by atoms with Gasteiger partial charge in [0.05, 0.1) is 11.1 Å². The molecule has 36 heavy (non-hydrogen) atoms. The molecule has 0 amide bonds. The van der Waals surface area contributed by atoms with Gasteiger partial charge in [-0.2, -0.15) is 0 Å². The normalized spacial score (nSPS) is 18.3. The van der Waals surface area contributed by atoms with E-state index in [1.165, 1.54) is 64.2 Å². The molecule has 1 aliphatic carbocycles. The second-order valence-electron chi connectivity index (χ2n) is 9.61. The van der Waals surface area contributed by atoms with Crippen LogP contribution in [0, 0.1) is 0 Å². The highest BCUT2D eigenvalue weighted by molar-refractivity contribution is 6.40. The Labute approximate surface area is 216 Å². The van der Waals surface area contributed by atoms with E-state index in [0.29, 0.717) is 28.1 Å². The number of Topliss-reactive ketones (excluding diaryl/α,β-unsaturated/α-hetero) is 1. The molecule has 1 aliphatic heterocycles. The van der Waals surface area contributed by atoms with Gasteiger partial charge in [0.2, 0.25) is 5.78 Å². The lowest BCUT2D eigenvalue weighted by Crippen LogP contribution is -2.23. The third kappa shape index (κ3) is 8.00. The molecular weight excluding hydrogens is 448 g/mol. The summed E-state index contributed by atoms with van der Waals surface area (Å²) in [5.74, 6) is 1.28. The molecule has 2 heterocycles. The summed E-state index contributed by atoms with van der Waals surface area (Å²) < 4.78 is 0. The molecule has 0 aromatic carbocycles. The zero-order chi connectivity index (χ0) is 25.6. The molecular formula is C30H42N4O2. The number of carbonyl (C=O) groups is 1. The summed E-state index contributed by atoms with van der Waals surface area (Å²) in [7, 11) is 0. The fourth-order valence-electron chi connectivity index (χ4n) is 4.42. The van der Waals surface area contributed by atoms with Gasteiger partial charge in [-0.3, -0.25) is 9.79 Å². The van der Waals surface area contributed by atoms with Crippen molar-refractivity contribution in [3.63, 3.8) is 0 Å². The molecule has 0 radical (unpaired) electrons. The minimum absolute atomic E-state index is 0.00755. The van der Waals surface area contributed by atoms with E-state index < -0.39 is 0 Å². The summed E-state index contributed by atoms with van der Waals surface area (Å²) in [6.45, 7) is 6.10. The smallest absolute Gasteiger partial charge is 0.201 e. The minimum atomic E-state index is -0.180. The summed E-state index contributed by atoms with van der Waals surface area (Å²) in [5.41, 5.74) is 1.87. The fraction of sp³-hybridized carbons (Fsp3) is 0.533. The van der Waals surface area contributed by atoms with E-state index in [0.717, 1.165) is 31.7 Å². The maximum absolute atomic E-state index is 12.8. The van der Waals surface area contributed by atoms with Crippen LogP contribution in [0.1, 0.15) is 96.5 Å². The number of aliphatic hydroxyl groups is 1. The first-order valence-corrected chi connectivity index (χ1v) is 13.8. The summed E-state index contributed by atoms with van der Waals surface area (Å²) in [5, 5.41) is 14.0. The number of pyridine rings is 1. The lowest BCUT2D eigenvalue weighted by molar-refractivity contribution is -0.111. The van der Waals surface area contributed by atoms with Gasteiger partial charge in [-0.1, -0.05) is 78.1 Å². The van der Waals surface area contributed by atoms with Gasteiger partial charge in [0.25, 0.3) is 0 Å². The number of rotatable bonds is 16. The van der Waals surface area contributed by atoms with Crippen LogP contribution in [0.4, 0.5) is 5.82 Å². The van der Waals surface area contributed by atoms with Gasteiger partial charge in [-0.15, -0.1) is 0 Å². The van der Waals surface area contributed by atoms with Crippen LogP contribution in [0.25, 0.3) is 5.57 Å². The molecule has 194 valence electrons. The van der Waals surface area contributed by atoms with Crippen molar-refractivity contribution in [1.29, 1.82) is 0 Å². The molecule has 6 heteroatoms. The van der Waals surface area contributed by atoms with Crippen molar-refractivity contribution < 1.29 is 9.90 Å². The van der Waals surface area contributed by atoms with E-state index in [9.17, 15) is 9.90 Å². The zero-order valence-electron chi connectivity index (χ0n) is 22.1. The van der Waals surface area contributed by atoms with Crippen LogP contribution >= 0.6 is 0 Å². The van der Waals surface area contributed by atoms with E-state index >= 15 is 0 Å². The van der Waals surface area contributed by atoms with Gasteiger partial charge < -0.3 is 10.4 Å². The van der Waals surface area contributed by atoms with Gasteiger partial charge in [0.15, 0.2) is 0 Å². The summed E-state index contributed by atoms with van der Waals surface area (Å²) >= 11 is 0. The first kappa shape index (κ1) is 27.6. The first-order chi connectivity index (χ1) is 17.7. The highest BCUT2D eigenvalue weighted by Crippen LogP contribution is 2.38. The maximum Gasteiger partial charge on any atom is 0.201 e. The number of aliphatic hydroxyl groups excluding tert-OH is 1. The topological polar surface area (TPSA) is 86.9 Å². The molecule has 2 N–H and O–H groups in total. The van der Waals surface area contributed by atoms with Crippen LogP contribution in [0.5, 0.6) is 0 Å². The largest absolute Gasteiger partial charge is 0.506 e. The van der Waals surface area contributed by atoms with Crippen molar-refractivity contribution in [3.8, 4) is 0 Å². The highest BCUT2D eigenvalue weighted by atomic mass is 16.3. The number of aliphatic imine (C=N–C) groups is 2. The molecule has 6 nitrogen and oxygen atoms in total. The van der Waals surface area contributed by atoms with Gasteiger partial charge in [-0.05, 0) is 37.1 Å². The Hall–Kier alpha value is -3.02. The number of nitrogens with zero attached hydrogens (tertiary/aromatic N) is 3. The Morgan fingerprint density at radius 3 is 2.17 bits per heavy atom.